The third-order valence-electron chi connectivity index (χ3n) is 4.63. The molecule has 2 aromatic rings. The van der Waals surface area contributed by atoms with Crippen molar-refractivity contribution in [1.82, 2.24) is 4.90 Å². The lowest BCUT2D eigenvalue weighted by Gasteiger charge is -2.24. The molecule has 8 nitrogen and oxygen atoms in total. The number of nitrogens with one attached hydrogen (secondary N) is 1. The van der Waals surface area contributed by atoms with Gasteiger partial charge in [0.05, 0.1) is 10.8 Å². The van der Waals surface area contributed by atoms with Gasteiger partial charge in [-0.3, -0.25) is 19.7 Å². The first-order valence-electron chi connectivity index (χ1n) is 9.01. The molecular weight excluding hydrogens is 362 g/mol. The molecule has 1 aliphatic rings. The first-order valence-corrected chi connectivity index (χ1v) is 9.01. The van der Waals surface area contributed by atoms with Crippen LogP contribution in [0.15, 0.2) is 48.5 Å². The summed E-state index contributed by atoms with van der Waals surface area (Å²) in [6.07, 6.45) is 1.63. The third kappa shape index (κ3) is 4.46. The largest absolute Gasteiger partial charge is 0.481 e. The van der Waals surface area contributed by atoms with Gasteiger partial charge in [-0.25, -0.2) is 0 Å². The molecular formula is C20H21N3O5. The molecule has 0 aromatic heterocycles. The zero-order valence-electron chi connectivity index (χ0n) is 15.4. The van der Waals surface area contributed by atoms with Crippen molar-refractivity contribution in [3.63, 3.8) is 0 Å². The lowest BCUT2D eigenvalue weighted by atomic mass is 10.1. The van der Waals surface area contributed by atoms with Gasteiger partial charge in [-0.15, -0.1) is 0 Å². The highest BCUT2D eigenvalue weighted by Crippen LogP contribution is 2.32. The molecule has 1 saturated carbocycles. The summed E-state index contributed by atoms with van der Waals surface area (Å²) in [5.41, 5.74) is 0.940. The molecule has 0 heterocycles. The molecule has 0 aliphatic heterocycles. The molecule has 1 amide bonds. The molecule has 1 unspecified atom stereocenters. The summed E-state index contributed by atoms with van der Waals surface area (Å²) in [6, 6.07) is 13.3. The second kappa shape index (κ2) is 8.08. The van der Waals surface area contributed by atoms with Gasteiger partial charge in [0.1, 0.15) is 5.69 Å². The van der Waals surface area contributed by atoms with Crippen LogP contribution in [0.25, 0.3) is 0 Å². The van der Waals surface area contributed by atoms with Crippen LogP contribution in [0.5, 0.6) is 0 Å². The molecule has 3 rings (SSSR count). The third-order valence-corrected chi connectivity index (χ3v) is 4.63. The second-order valence-corrected chi connectivity index (χ2v) is 6.91. The van der Waals surface area contributed by atoms with Gasteiger partial charge < -0.3 is 15.3 Å². The first kappa shape index (κ1) is 19.3. The highest BCUT2D eigenvalue weighted by Gasteiger charge is 2.35. The highest BCUT2D eigenvalue weighted by molar-refractivity contribution is 5.96. The molecule has 1 atom stereocenters. The number of hydrogen-bond donors (Lipinski definition) is 2. The fourth-order valence-electron chi connectivity index (χ4n) is 2.92. The number of anilines is 2. The molecule has 1 fully saturated rings. The molecule has 146 valence electrons. The number of rotatable bonds is 8. The Labute approximate surface area is 161 Å². The number of nitro groups is 1. The van der Waals surface area contributed by atoms with E-state index in [1.54, 1.807) is 19.1 Å². The minimum absolute atomic E-state index is 0.00419. The smallest absolute Gasteiger partial charge is 0.308 e. The number of carboxylic acid groups (broad SMARTS) is 1. The molecule has 1 aliphatic carbocycles. The van der Waals surface area contributed by atoms with E-state index in [4.69, 9.17) is 5.11 Å². The van der Waals surface area contributed by atoms with E-state index in [0.29, 0.717) is 5.69 Å². The number of nitro benzene ring substituents is 1. The summed E-state index contributed by atoms with van der Waals surface area (Å²) in [7, 11) is 0. The Kier molecular flexibility index (Phi) is 5.58. The Hall–Kier alpha value is -3.42. The van der Waals surface area contributed by atoms with Crippen molar-refractivity contribution in [2.45, 2.75) is 25.8 Å². The number of carboxylic acids is 1. The van der Waals surface area contributed by atoms with E-state index in [-0.39, 0.29) is 35.4 Å². The fourth-order valence-corrected chi connectivity index (χ4v) is 2.92. The van der Waals surface area contributed by atoms with Crippen LogP contribution in [0.4, 0.5) is 17.1 Å². The fraction of sp³-hybridized carbons (Fsp3) is 0.300. The molecule has 0 bridgehead atoms. The number of aliphatic carboxylic acids is 1. The van der Waals surface area contributed by atoms with E-state index >= 15 is 0 Å². The number of para-hydroxylation sites is 1. The van der Waals surface area contributed by atoms with E-state index < -0.39 is 16.8 Å². The average molecular weight is 383 g/mol. The molecule has 8 heteroatoms. The van der Waals surface area contributed by atoms with Crippen molar-refractivity contribution in [2.75, 3.05) is 11.9 Å². The number of amides is 1. The van der Waals surface area contributed by atoms with Gasteiger partial charge in [-0.1, -0.05) is 25.1 Å². The van der Waals surface area contributed by atoms with Crippen LogP contribution in [0.1, 0.15) is 30.1 Å². The van der Waals surface area contributed by atoms with Crippen LogP contribution >= 0.6 is 0 Å². The Balaban J connectivity index is 1.86. The average Bonchev–Trinajstić information content (AvgIpc) is 3.51. The molecule has 0 spiro atoms. The van der Waals surface area contributed by atoms with E-state index in [0.717, 1.165) is 12.8 Å². The Morgan fingerprint density at radius 1 is 1.25 bits per heavy atom. The SMILES string of the molecule is CC(CN(C(=O)c1ccc(Nc2ccccc2)c([N+](=O)[O-])c1)C1CC1)C(=O)O. The van der Waals surface area contributed by atoms with Crippen LogP contribution in [-0.2, 0) is 4.79 Å². The summed E-state index contributed by atoms with van der Waals surface area (Å²) >= 11 is 0. The summed E-state index contributed by atoms with van der Waals surface area (Å²) in [5.74, 6) is -2.07. The maximum atomic E-state index is 12.9. The minimum atomic E-state index is -0.980. The summed E-state index contributed by atoms with van der Waals surface area (Å²) in [4.78, 5) is 36.6. The maximum Gasteiger partial charge on any atom is 0.308 e. The molecule has 2 aromatic carbocycles. The van der Waals surface area contributed by atoms with Crippen molar-refractivity contribution in [2.24, 2.45) is 5.92 Å². The van der Waals surface area contributed by atoms with Crippen molar-refractivity contribution in [1.29, 1.82) is 0 Å². The van der Waals surface area contributed by atoms with Gasteiger partial charge in [0.2, 0.25) is 0 Å². The van der Waals surface area contributed by atoms with Gasteiger partial charge in [0, 0.05) is 29.9 Å². The predicted molar refractivity (Wildman–Crippen MR) is 104 cm³/mol. The van der Waals surface area contributed by atoms with Gasteiger partial charge in [-0.2, -0.15) is 0 Å². The van der Waals surface area contributed by atoms with E-state index in [2.05, 4.69) is 5.32 Å². The number of benzene rings is 2. The van der Waals surface area contributed by atoms with Crippen LogP contribution in [0.2, 0.25) is 0 Å². The van der Waals surface area contributed by atoms with Crippen LogP contribution in [-0.4, -0.2) is 39.4 Å². The molecule has 0 saturated heterocycles. The van der Waals surface area contributed by atoms with Gasteiger partial charge in [0.25, 0.3) is 11.6 Å². The standard InChI is InChI=1S/C20H21N3O5/c1-13(20(25)26)12-22(16-8-9-16)19(24)14-7-10-17(18(11-14)23(27)28)21-15-5-3-2-4-6-15/h2-7,10-11,13,16,21H,8-9,12H2,1H3,(H,25,26). The summed E-state index contributed by atoms with van der Waals surface area (Å²) < 4.78 is 0. The monoisotopic (exact) mass is 383 g/mol. The topological polar surface area (TPSA) is 113 Å². The predicted octanol–water partition coefficient (Wildman–Crippen LogP) is 3.66. The quantitative estimate of drug-likeness (QED) is 0.531. The lowest BCUT2D eigenvalue weighted by molar-refractivity contribution is -0.383. The summed E-state index contributed by atoms with van der Waals surface area (Å²) in [5, 5.41) is 23.7. The van der Waals surface area contributed by atoms with Crippen LogP contribution < -0.4 is 5.32 Å². The van der Waals surface area contributed by atoms with Crippen molar-refractivity contribution >= 4 is 28.9 Å². The maximum absolute atomic E-state index is 12.9. The number of nitrogens with zero attached hydrogens (tertiary/aromatic N) is 2. The van der Waals surface area contributed by atoms with E-state index in [1.165, 1.54) is 23.1 Å². The van der Waals surface area contributed by atoms with Crippen molar-refractivity contribution in [3.8, 4) is 0 Å². The zero-order valence-corrected chi connectivity index (χ0v) is 15.4. The second-order valence-electron chi connectivity index (χ2n) is 6.91. The normalized spacial score (nSPS) is 14.2. The van der Waals surface area contributed by atoms with Gasteiger partial charge in [0.15, 0.2) is 0 Å². The Morgan fingerprint density at radius 2 is 1.93 bits per heavy atom. The molecule has 0 radical (unpaired) electrons. The van der Waals surface area contributed by atoms with Crippen LogP contribution in [0.3, 0.4) is 0 Å². The van der Waals surface area contributed by atoms with E-state index in [9.17, 15) is 19.7 Å². The lowest BCUT2D eigenvalue weighted by Crippen LogP contribution is -2.38. The Bertz CT molecular complexity index is 896. The van der Waals surface area contributed by atoms with Crippen molar-refractivity contribution < 1.29 is 19.6 Å². The highest BCUT2D eigenvalue weighted by atomic mass is 16.6. The molecule has 28 heavy (non-hydrogen) atoms. The van der Waals surface area contributed by atoms with E-state index in [1.807, 2.05) is 18.2 Å². The van der Waals surface area contributed by atoms with Crippen LogP contribution in [0, 0.1) is 16.0 Å². The summed E-state index contributed by atoms with van der Waals surface area (Å²) in [6.45, 7) is 1.62. The van der Waals surface area contributed by atoms with Gasteiger partial charge >= 0.3 is 5.97 Å². The molecule has 2 N–H and O–H groups in total. The van der Waals surface area contributed by atoms with Gasteiger partial charge in [-0.05, 0) is 37.1 Å². The van der Waals surface area contributed by atoms with Crippen molar-refractivity contribution in [3.05, 3.63) is 64.2 Å². The number of carbonyl (C=O) groups excluding carboxylic acids is 1. The minimum Gasteiger partial charge on any atom is -0.481 e. The number of carbonyl (C=O) groups is 2. The zero-order chi connectivity index (χ0) is 20.3. The Morgan fingerprint density at radius 3 is 2.50 bits per heavy atom. The first-order chi connectivity index (χ1) is 13.4. The number of hydrogen-bond acceptors (Lipinski definition) is 5.